The number of aliphatic carboxylic acids is 1. The zero-order valence-electron chi connectivity index (χ0n) is 15.6. The highest BCUT2D eigenvalue weighted by molar-refractivity contribution is 7.98. The average molecular weight is 405 g/mol. The van der Waals surface area contributed by atoms with Crippen molar-refractivity contribution in [3.63, 3.8) is 0 Å². The third-order valence-electron chi connectivity index (χ3n) is 5.08. The number of carbonyl (C=O) groups is 4. The van der Waals surface area contributed by atoms with E-state index < -0.39 is 30.0 Å². The van der Waals surface area contributed by atoms with Gasteiger partial charge in [-0.2, -0.15) is 11.8 Å². The van der Waals surface area contributed by atoms with Crippen LogP contribution in [0.3, 0.4) is 0 Å². The molecule has 0 spiro atoms. The lowest BCUT2D eigenvalue weighted by atomic mass is 9.95. The van der Waals surface area contributed by atoms with Gasteiger partial charge in [0.05, 0.1) is 0 Å². The van der Waals surface area contributed by atoms with Gasteiger partial charge in [0.15, 0.2) is 0 Å². The maximum Gasteiger partial charge on any atom is 0.327 e. The van der Waals surface area contributed by atoms with Crippen LogP contribution in [0.1, 0.15) is 24.0 Å². The minimum absolute atomic E-state index is 0.0539. The van der Waals surface area contributed by atoms with E-state index in [1.807, 2.05) is 30.5 Å². The standard InChI is InChI=1S/C19H23N3O5S/c1-28-9-7-14(18(25)26)20-16(23)6-8-21-17(24)15-10-12-4-2-3-5-13(12)11-22(15)19(21)27/h2-5,14-15H,6-11H2,1H3,(H,20,23)(H,25,26)/t14-,15-/m0/s1. The molecular weight excluding hydrogens is 382 g/mol. The van der Waals surface area contributed by atoms with Crippen LogP contribution in [0.15, 0.2) is 24.3 Å². The first-order valence-electron chi connectivity index (χ1n) is 9.12. The normalized spacial score (nSPS) is 19.2. The summed E-state index contributed by atoms with van der Waals surface area (Å²) in [5.74, 6) is -1.27. The number of carboxylic acids is 1. The molecule has 1 fully saturated rings. The van der Waals surface area contributed by atoms with Gasteiger partial charge in [-0.05, 0) is 29.6 Å². The second-order valence-corrected chi connectivity index (χ2v) is 7.86. The highest BCUT2D eigenvalue weighted by Crippen LogP contribution is 2.29. The number of rotatable bonds is 8. The molecule has 0 saturated carbocycles. The number of hydrogen-bond donors (Lipinski definition) is 2. The Hall–Kier alpha value is -2.55. The molecule has 9 heteroatoms. The summed E-state index contributed by atoms with van der Waals surface area (Å²) < 4.78 is 0. The number of urea groups is 1. The van der Waals surface area contributed by atoms with Gasteiger partial charge in [0.25, 0.3) is 5.91 Å². The van der Waals surface area contributed by atoms with E-state index in [-0.39, 0.29) is 18.9 Å². The number of fused-ring (bicyclic) bond motifs is 2. The van der Waals surface area contributed by atoms with Crippen LogP contribution in [0.5, 0.6) is 0 Å². The Morgan fingerprint density at radius 2 is 2.00 bits per heavy atom. The minimum Gasteiger partial charge on any atom is -0.480 e. The zero-order chi connectivity index (χ0) is 20.3. The summed E-state index contributed by atoms with van der Waals surface area (Å²) >= 11 is 1.50. The fourth-order valence-electron chi connectivity index (χ4n) is 3.55. The monoisotopic (exact) mass is 405 g/mol. The van der Waals surface area contributed by atoms with Crippen molar-refractivity contribution >= 4 is 35.6 Å². The van der Waals surface area contributed by atoms with Crippen molar-refractivity contribution in [2.45, 2.75) is 37.9 Å². The number of nitrogens with zero attached hydrogens (tertiary/aromatic N) is 2. The summed E-state index contributed by atoms with van der Waals surface area (Å²) in [5, 5.41) is 11.7. The third-order valence-corrected chi connectivity index (χ3v) is 5.73. The minimum atomic E-state index is -1.09. The quantitative estimate of drug-likeness (QED) is 0.627. The first-order chi connectivity index (χ1) is 13.4. The number of nitrogens with one attached hydrogen (secondary N) is 1. The van der Waals surface area contributed by atoms with Crippen molar-refractivity contribution in [3.05, 3.63) is 35.4 Å². The molecule has 1 aromatic carbocycles. The number of benzene rings is 1. The Morgan fingerprint density at radius 3 is 2.68 bits per heavy atom. The Kier molecular flexibility index (Phi) is 6.23. The number of imide groups is 1. The van der Waals surface area contributed by atoms with Crippen LogP contribution in [-0.2, 0) is 27.3 Å². The van der Waals surface area contributed by atoms with Crippen molar-refractivity contribution in [3.8, 4) is 0 Å². The number of carbonyl (C=O) groups excluding carboxylic acids is 3. The predicted molar refractivity (Wildman–Crippen MR) is 104 cm³/mol. The lowest BCUT2D eigenvalue weighted by Crippen LogP contribution is -2.43. The smallest absolute Gasteiger partial charge is 0.327 e. The third kappa shape index (κ3) is 4.14. The maximum absolute atomic E-state index is 12.7. The van der Waals surface area contributed by atoms with Crippen LogP contribution >= 0.6 is 11.8 Å². The summed E-state index contributed by atoms with van der Waals surface area (Å²) in [7, 11) is 0. The van der Waals surface area contributed by atoms with E-state index >= 15 is 0 Å². The van der Waals surface area contributed by atoms with E-state index in [1.165, 1.54) is 11.8 Å². The van der Waals surface area contributed by atoms with Crippen LogP contribution < -0.4 is 5.32 Å². The van der Waals surface area contributed by atoms with Crippen molar-refractivity contribution < 1.29 is 24.3 Å². The molecular formula is C19H23N3O5S. The molecule has 2 aliphatic heterocycles. The number of carboxylic acid groups (broad SMARTS) is 1. The average Bonchev–Trinajstić information content (AvgIpc) is 2.91. The summed E-state index contributed by atoms with van der Waals surface area (Å²) in [5.41, 5.74) is 2.08. The van der Waals surface area contributed by atoms with Gasteiger partial charge < -0.3 is 15.3 Å². The van der Waals surface area contributed by atoms with Crippen LogP contribution in [0.25, 0.3) is 0 Å². The maximum atomic E-state index is 12.7. The molecule has 0 bridgehead atoms. The summed E-state index contributed by atoms with van der Waals surface area (Å²) in [6.45, 7) is 0.325. The topological polar surface area (TPSA) is 107 Å². The summed E-state index contributed by atoms with van der Waals surface area (Å²) in [6.07, 6.45) is 2.53. The molecule has 3 rings (SSSR count). The highest BCUT2D eigenvalue weighted by Gasteiger charge is 2.46. The van der Waals surface area contributed by atoms with Crippen LogP contribution in [0.4, 0.5) is 4.79 Å². The molecule has 2 heterocycles. The molecule has 0 radical (unpaired) electrons. The number of thioether (sulfide) groups is 1. The van der Waals surface area contributed by atoms with E-state index in [2.05, 4.69) is 5.32 Å². The fourth-order valence-corrected chi connectivity index (χ4v) is 4.02. The Bertz CT molecular complexity index is 757. The lowest BCUT2D eigenvalue weighted by molar-refractivity contribution is -0.142. The van der Waals surface area contributed by atoms with Crippen LogP contribution in [0.2, 0.25) is 0 Å². The van der Waals surface area contributed by atoms with Gasteiger partial charge in [0.2, 0.25) is 5.91 Å². The van der Waals surface area contributed by atoms with Crippen LogP contribution in [0, 0.1) is 0 Å². The Balaban J connectivity index is 1.58. The van der Waals surface area contributed by atoms with Gasteiger partial charge in [-0.1, -0.05) is 24.3 Å². The Labute approximate surface area is 167 Å². The van der Waals surface area contributed by atoms with Gasteiger partial charge in [-0.25, -0.2) is 9.59 Å². The van der Waals surface area contributed by atoms with Gasteiger partial charge in [0, 0.05) is 25.9 Å². The molecule has 1 aromatic rings. The largest absolute Gasteiger partial charge is 0.480 e. The SMILES string of the molecule is CSCC[C@H](NC(=O)CCN1C(=O)[C@@H]2Cc3ccccc3CN2C1=O)C(=O)O. The molecule has 0 aromatic heterocycles. The first kappa shape index (κ1) is 20.2. The van der Waals surface area contributed by atoms with E-state index in [4.69, 9.17) is 0 Å². The first-order valence-corrected chi connectivity index (χ1v) is 10.5. The number of amides is 4. The fraction of sp³-hybridized carbons (Fsp3) is 0.474. The molecule has 8 nitrogen and oxygen atoms in total. The van der Waals surface area contributed by atoms with E-state index in [9.17, 15) is 24.3 Å². The second kappa shape index (κ2) is 8.64. The van der Waals surface area contributed by atoms with Gasteiger partial charge in [-0.3, -0.25) is 14.5 Å². The van der Waals surface area contributed by atoms with Gasteiger partial charge in [0.1, 0.15) is 12.1 Å². The van der Waals surface area contributed by atoms with Crippen molar-refractivity contribution in [1.29, 1.82) is 0 Å². The molecule has 2 N–H and O–H groups in total. The molecule has 4 amide bonds. The highest BCUT2D eigenvalue weighted by atomic mass is 32.2. The molecule has 2 aliphatic rings. The lowest BCUT2D eigenvalue weighted by Gasteiger charge is -2.28. The Morgan fingerprint density at radius 1 is 1.29 bits per heavy atom. The van der Waals surface area contributed by atoms with E-state index in [0.29, 0.717) is 25.1 Å². The van der Waals surface area contributed by atoms with E-state index in [0.717, 1.165) is 16.0 Å². The van der Waals surface area contributed by atoms with Gasteiger partial charge in [-0.15, -0.1) is 0 Å². The van der Waals surface area contributed by atoms with Gasteiger partial charge >= 0.3 is 12.0 Å². The molecule has 1 saturated heterocycles. The van der Waals surface area contributed by atoms with Crippen molar-refractivity contribution in [2.75, 3.05) is 18.6 Å². The second-order valence-electron chi connectivity index (χ2n) is 6.88. The van der Waals surface area contributed by atoms with Crippen molar-refractivity contribution in [2.24, 2.45) is 0 Å². The van der Waals surface area contributed by atoms with Crippen LogP contribution in [-0.4, -0.2) is 69.4 Å². The molecule has 28 heavy (non-hydrogen) atoms. The predicted octanol–water partition coefficient (Wildman–Crippen LogP) is 1.09. The summed E-state index contributed by atoms with van der Waals surface area (Å²) in [4.78, 5) is 51.3. The molecule has 2 atom stereocenters. The molecule has 150 valence electrons. The number of hydrogen-bond acceptors (Lipinski definition) is 5. The van der Waals surface area contributed by atoms with Crippen molar-refractivity contribution in [1.82, 2.24) is 15.1 Å². The van der Waals surface area contributed by atoms with E-state index in [1.54, 1.807) is 4.90 Å². The molecule has 0 aliphatic carbocycles. The summed E-state index contributed by atoms with van der Waals surface area (Å²) in [6, 6.07) is 5.83. The molecule has 0 unspecified atom stereocenters. The zero-order valence-corrected chi connectivity index (χ0v) is 16.4.